The van der Waals surface area contributed by atoms with Crippen molar-refractivity contribution in [2.45, 2.75) is 46.7 Å². The maximum atomic E-state index is 13.0. The van der Waals surface area contributed by atoms with Gasteiger partial charge >= 0.3 is 0 Å². The fourth-order valence-electron chi connectivity index (χ4n) is 2.02. The highest BCUT2D eigenvalue weighted by Gasteiger charge is 2.29. The molecule has 3 N–H and O–H groups in total. The number of rotatable bonds is 4. The second-order valence-electron chi connectivity index (χ2n) is 6.60. The van der Waals surface area contributed by atoms with Gasteiger partial charge in [-0.1, -0.05) is 20.8 Å². The molecule has 0 aliphatic heterocycles. The van der Waals surface area contributed by atoms with E-state index in [0.29, 0.717) is 5.69 Å². The van der Waals surface area contributed by atoms with Crippen molar-refractivity contribution in [1.29, 1.82) is 0 Å². The molecule has 1 aromatic rings. The second kappa shape index (κ2) is 6.43. The summed E-state index contributed by atoms with van der Waals surface area (Å²) in [6.07, 6.45) is 0. The maximum absolute atomic E-state index is 13.0. The minimum atomic E-state index is -0.419. The molecule has 0 saturated carbocycles. The summed E-state index contributed by atoms with van der Waals surface area (Å²) in [7, 11) is 1.92. The Bertz CT molecular complexity index is 511. The molecule has 2 atom stereocenters. The second-order valence-corrected chi connectivity index (χ2v) is 6.60. The van der Waals surface area contributed by atoms with Gasteiger partial charge in [-0.2, -0.15) is 0 Å². The predicted octanol–water partition coefficient (Wildman–Crippen LogP) is 3.10. The minimum Gasteiger partial charge on any atom is -0.397 e. The molecule has 0 aliphatic rings. The van der Waals surface area contributed by atoms with Gasteiger partial charge in [0.15, 0.2) is 0 Å². The molecule has 1 amide bonds. The first-order valence-electron chi connectivity index (χ1n) is 7.12. The van der Waals surface area contributed by atoms with Crippen LogP contribution in [0.3, 0.4) is 0 Å². The van der Waals surface area contributed by atoms with Gasteiger partial charge in [-0.05, 0) is 44.5 Å². The summed E-state index contributed by atoms with van der Waals surface area (Å²) in [6.45, 7) is 10.3. The van der Waals surface area contributed by atoms with Crippen LogP contribution in [0.15, 0.2) is 18.2 Å². The molecule has 0 radical (unpaired) electrons. The first-order chi connectivity index (χ1) is 9.54. The Morgan fingerprint density at radius 1 is 1.33 bits per heavy atom. The van der Waals surface area contributed by atoms with E-state index in [0.717, 1.165) is 0 Å². The van der Waals surface area contributed by atoms with Crippen molar-refractivity contribution in [3.8, 4) is 0 Å². The normalized spacial score (nSPS) is 14.9. The Morgan fingerprint density at radius 2 is 1.90 bits per heavy atom. The van der Waals surface area contributed by atoms with Crippen LogP contribution >= 0.6 is 0 Å². The third-order valence-corrected chi connectivity index (χ3v) is 4.13. The summed E-state index contributed by atoms with van der Waals surface area (Å²) in [4.78, 5) is 14.3. The van der Waals surface area contributed by atoms with E-state index >= 15 is 0 Å². The molecule has 1 rings (SSSR count). The Kier molecular flexibility index (Phi) is 5.34. The summed E-state index contributed by atoms with van der Waals surface area (Å²) in [6, 6.07) is 3.86. The lowest BCUT2D eigenvalue weighted by molar-refractivity contribution is -0.121. The Labute approximate surface area is 126 Å². The van der Waals surface area contributed by atoms with E-state index in [4.69, 9.17) is 5.73 Å². The van der Waals surface area contributed by atoms with Crippen molar-refractivity contribution in [1.82, 2.24) is 4.90 Å². The van der Waals surface area contributed by atoms with Crippen LogP contribution in [-0.4, -0.2) is 29.9 Å². The van der Waals surface area contributed by atoms with E-state index in [-0.39, 0.29) is 29.1 Å². The van der Waals surface area contributed by atoms with Crippen molar-refractivity contribution in [3.05, 3.63) is 24.0 Å². The zero-order valence-electron chi connectivity index (χ0n) is 13.7. The largest absolute Gasteiger partial charge is 0.397 e. The number of hydrogen-bond donors (Lipinski definition) is 2. The van der Waals surface area contributed by atoms with Crippen LogP contribution in [0.4, 0.5) is 15.8 Å². The van der Waals surface area contributed by atoms with Crippen molar-refractivity contribution in [2.75, 3.05) is 18.1 Å². The molecule has 5 heteroatoms. The zero-order valence-corrected chi connectivity index (χ0v) is 13.7. The lowest BCUT2D eigenvalue weighted by Crippen LogP contribution is -2.48. The minimum absolute atomic E-state index is 0.0677. The van der Waals surface area contributed by atoms with E-state index in [9.17, 15) is 9.18 Å². The summed E-state index contributed by atoms with van der Waals surface area (Å²) < 4.78 is 13.0. The molecule has 0 aliphatic carbocycles. The van der Waals surface area contributed by atoms with Gasteiger partial charge in [0.1, 0.15) is 5.82 Å². The van der Waals surface area contributed by atoms with Crippen molar-refractivity contribution >= 4 is 17.3 Å². The summed E-state index contributed by atoms with van der Waals surface area (Å²) in [5.41, 5.74) is 6.43. The van der Waals surface area contributed by atoms with Crippen LogP contribution in [0.1, 0.15) is 34.6 Å². The maximum Gasteiger partial charge on any atom is 0.241 e. The molecule has 0 saturated heterocycles. The van der Waals surface area contributed by atoms with Gasteiger partial charge in [-0.25, -0.2) is 4.39 Å². The number of benzene rings is 1. The number of amides is 1. The molecule has 0 heterocycles. The van der Waals surface area contributed by atoms with E-state index in [1.54, 1.807) is 0 Å². The van der Waals surface area contributed by atoms with Crippen molar-refractivity contribution in [3.63, 3.8) is 0 Å². The SMILES string of the molecule is CC(C(=O)Nc1ccc(F)cc1N)N(C)C(C)C(C)(C)C. The first-order valence-corrected chi connectivity index (χ1v) is 7.12. The molecule has 118 valence electrons. The van der Waals surface area contributed by atoms with Crippen LogP contribution in [0, 0.1) is 11.2 Å². The number of carbonyl (C=O) groups excluding carboxylic acids is 1. The third kappa shape index (κ3) is 4.43. The average Bonchev–Trinajstić information content (AvgIpc) is 2.38. The number of nitrogen functional groups attached to an aromatic ring is 1. The van der Waals surface area contributed by atoms with Crippen LogP contribution in [-0.2, 0) is 4.79 Å². The molecule has 4 nitrogen and oxygen atoms in total. The molecule has 0 aromatic heterocycles. The van der Waals surface area contributed by atoms with Gasteiger partial charge in [0.05, 0.1) is 17.4 Å². The third-order valence-electron chi connectivity index (χ3n) is 4.13. The van der Waals surface area contributed by atoms with Crippen molar-refractivity contribution in [2.24, 2.45) is 5.41 Å². The fraction of sp³-hybridized carbons (Fsp3) is 0.562. The fourth-order valence-corrected chi connectivity index (χ4v) is 2.02. The van der Waals surface area contributed by atoms with Crippen LogP contribution in [0.25, 0.3) is 0 Å². The Balaban J connectivity index is 2.79. The van der Waals surface area contributed by atoms with Gasteiger partial charge in [0, 0.05) is 6.04 Å². The zero-order chi connectivity index (χ0) is 16.4. The molecule has 21 heavy (non-hydrogen) atoms. The van der Waals surface area contributed by atoms with Crippen LogP contribution in [0.5, 0.6) is 0 Å². The summed E-state index contributed by atoms with van der Waals surface area (Å²) in [5.74, 6) is -0.580. The average molecular weight is 295 g/mol. The number of carbonyl (C=O) groups is 1. The summed E-state index contributed by atoms with van der Waals surface area (Å²) >= 11 is 0. The lowest BCUT2D eigenvalue weighted by atomic mass is 9.86. The number of hydrogen-bond acceptors (Lipinski definition) is 3. The Morgan fingerprint density at radius 3 is 2.38 bits per heavy atom. The van der Waals surface area contributed by atoms with E-state index < -0.39 is 5.82 Å². The molecular weight excluding hydrogens is 269 g/mol. The molecule has 0 fully saturated rings. The molecule has 0 spiro atoms. The monoisotopic (exact) mass is 295 g/mol. The number of halogens is 1. The van der Waals surface area contributed by atoms with Gasteiger partial charge < -0.3 is 11.1 Å². The van der Waals surface area contributed by atoms with E-state index in [1.165, 1.54) is 18.2 Å². The van der Waals surface area contributed by atoms with Gasteiger partial charge in [-0.15, -0.1) is 0 Å². The predicted molar refractivity (Wildman–Crippen MR) is 85.6 cm³/mol. The highest BCUT2D eigenvalue weighted by molar-refractivity contribution is 5.97. The van der Waals surface area contributed by atoms with Crippen molar-refractivity contribution < 1.29 is 9.18 Å². The van der Waals surface area contributed by atoms with Crippen LogP contribution in [0.2, 0.25) is 0 Å². The van der Waals surface area contributed by atoms with Gasteiger partial charge in [0.25, 0.3) is 0 Å². The molecule has 1 aromatic carbocycles. The number of anilines is 2. The highest BCUT2D eigenvalue weighted by atomic mass is 19.1. The lowest BCUT2D eigenvalue weighted by Gasteiger charge is -2.38. The first kappa shape index (κ1) is 17.4. The topological polar surface area (TPSA) is 58.4 Å². The molecular formula is C16H26FN3O. The number of nitrogens with one attached hydrogen (secondary N) is 1. The summed E-state index contributed by atoms with van der Waals surface area (Å²) in [5, 5.41) is 2.75. The highest BCUT2D eigenvalue weighted by Crippen LogP contribution is 2.25. The standard InChI is InChI=1S/C16H26FN3O/c1-10(20(6)11(2)16(3,4)5)15(21)19-14-8-7-12(17)9-13(14)18/h7-11H,18H2,1-6H3,(H,19,21). The molecule has 0 bridgehead atoms. The number of nitrogens with two attached hydrogens (primary N) is 1. The van der Waals surface area contributed by atoms with Crippen LogP contribution < -0.4 is 11.1 Å². The smallest absolute Gasteiger partial charge is 0.241 e. The van der Waals surface area contributed by atoms with E-state index in [2.05, 4.69) is 33.0 Å². The Hall–Kier alpha value is -1.62. The van der Waals surface area contributed by atoms with Gasteiger partial charge in [0.2, 0.25) is 5.91 Å². The van der Waals surface area contributed by atoms with Gasteiger partial charge in [-0.3, -0.25) is 9.69 Å². The van der Waals surface area contributed by atoms with E-state index in [1.807, 2.05) is 18.9 Å². The quantitative estimate of drug-likeness (QED) is 0.839. The molecule has 2 unspecified atom stereocenters. The number of nitrogens with zero attached hydrogens (tertiary/aromatic N) is 1. The number of likely N-dealkylation sites (N-methyl/N-ethyl adjacent to an activating group) is 1.